The van der Waals surface area contributed by atoms with Gasteiger partial charge < -0.3 is 18.4 Å². The summed E-state index contributed by atoms with van der Waals surface area (Å²) in [5, 5.41) is 8.69. The van der Waals surface area contributed by atoms with Crippen LogP contribution in [0.1, 0.15) is 72.5 Å². The van der Waals surface area contributed by atoms with Crippen LogP contribution in [0.4, 0.5) is 24.0 Å². The SMILES string of the molecule is Cc1nnc(NC(=O)c2cc(C(C)OC(=O)OC3CCCCC3)c(C(F)(F)F)c([S+](C)[O-])c2Cl)o1. The van der Waals surface area contributed by atoms with Crippen molar-refractivity contribution in [3.8, 4) is 0 Å². The first-order chi connectivity index (χ1) is 16.4. The third-order valence-electron chi connectivity index (χ3n) is 5.34. The first-order valence-electron chi connectivity index (χ1n) is 10.6. The van der Waals surface area contributed by atoms with Crippen molar-refractivity contribution >= 4 is 40.9 Å². The second-order valence-corrected chi connectivity index (χ2v) is 9.65. The average Bonchev–Trinajstić information content (AvgIpc) is 3.17. The molecule has 1 aliphatic carbocycles. The first kappa shape index (κ1) is 27.1. The van der Waals surface area contributed by atoms with Crippen molar-refractivity contribution in [3.63, 3.8) is 0 Å². The number of hydrogen-bond donors (Lipinski definition) is 1. The van der Waals surface area contributed by atoms with Crippen LogP contribution in [0.5, 0.6) is 0 Å². The van der Waals surface area contributed by atoms with Crippen molar-refractivity contribution in [1.29, 1.82) is 0 Å². The van der Waals surface area contributed by atoms with E-state index in [-0.39, 0.29) is 18.0 Å². The summed E-state index contributed by atoms with van der Waals surface area (Å²) in [7, 11) is 0. The summed E-state index contributed by atoms with van der Waals surface area (Å²) in [6, 6.07) is 0.517. The second-order valence-electron chi connectivity index (χ2n) is 7.95. The van der Waals surface area contributed by atoms with Crippen molar-refractivity contribution in [2.24, 2.45) is 0 Å². The summed E-state index contributed by atoms with van der Waals surface area (Å²) in [5.41, 5.74) is -2.42. The lowest BCUT2D eigenvalue weighted by molar-refractivity contribution is -0.141. The molecule has 1 heterocycles. The van der Waals surface area contributed by atoms with Crippen molar-refractivity contribution in [2.45, 2.75) is 69.2 Å². The smallest absolute Gasteiger partial charge is 0.509 e. The van der Waals surface area contributed by atoms with E-state index in [4.69, 9.17) is 25.5 Å². The number of alkyl halides is 3. The molecule has 0 saturated heterocycles. The molecule has 1 aliphatic rings. The fourth-order valence-electron chi connectivity index (χ4n) is 3.77. The number of benzene rings is 1. The van der Waals surface area contributed by atoms with Gasteiger partial charge in [-0.3, -0.25) is 10.1 Å². The predicted molar refractivity (Wildman–Crippen MR) is 119 cm³/mol. The lowest BCUT2D eigenvalue weighted by Crippen LogP contribution is -2.25. The molecule has 1 amide bonds. The highest BCUT2D eigenvalue weighted by Gasteiger charge is 2.44. The van der Waals surface area contributed by atoms with E-state index in [1.165, 1.54) is 13.8 Å². The van der Waals surface area contributed by atoms with Gasteiger partial charge in [-0.15, -0.1) is 5.10 Å². The van der Waals surface area contributed by atoms with Crippen molar-refractivity contribution < 1.29 is 41.2 Å². The number of carbonyl (C=O) groups excluding carboxylic acids is 2. The van der Waals surface area contributed by atoms with E-state index < -0.39 is 62.1 Å². The van der Waals surface area contributed by atoms with Gasteiger partial charge in [0.15, 0.2) is 4.90 Å². The van der Waals surface area contributed by atoms with Gasteiger partial charge in [-0.1, -0.05) is 23.1 Å². The number of halogens is 4. The van der Waals surface area contributed by atoms with Crippen LogP contribution in [0.2, 0.25) is 5.02 Å². The number of carbonyl (C=O) groups is 2. The molecule has 1 fully saturated rings. The number of rotatable bonds is 6. The molecule has 0 bridgehead atoms. The van der Waals surface area contributed by atoms with Crippen LogP contribution < -0.4 is 5.32 Å². The predicted octanol–water partition coefficient (Wildman–Crippen LogP) is 5.59. The number of anilines is 1. The van der Waals surface area contributed by atoms with Gasteiger partial charge in [0.25, 0.3) is 5.91 Å². The topological polar surface area (TPSA) is 127 Å². The largest absolute Gasteiger partial charge is 0.612 e. The van der Waals surface area contributed by atoms with E-state index >= 15 is 0 Å². The van der Waals surface area contributed by atoms with Crippen LogP contribution in [0.25, 0.3) is 0 Å². The molecular weight excluding hydrogens is 515 g/mol. The molecule has 1 aromatic carbocycles. The Hall–Kier alpha value is -2.51. The third kappa shape index (κ3) is 6.58. The minimum absolute atomic E-state index is 0.133. The second kappa shape index (κ2) is 11.0. The van der Waals surface area contributed by atoms with E-state index in [2.05, 4.69) is 15.5 Å². The molecule has 192 valence electrons. The summed E-state index contributed by atoms with van der Waals surface area (Å²) in [6.45, 7) is 2.65. The summed E-state index contributed by atoms with van der Waals surface area (Å²) >= 11 is 3.87. The Kier molecular flexibility index (Phi) is 8.54. The molecular formula is C21H23ClF3N3O6S. The quantitative estimate of drug-likeness (QED) is 0.373. The minimum atomic E-state index is -5.02. The molecule has 2 atom stereocenters. The number of aryl methyl sites for hydroxylation is 1. The Morgan fingerprint density at radius 3 is 2.49 bits per heavy atom. The average molecular weight is 538 g/mol. The Bertz CT molecular complexity index is 1090. The molecule has 1 N–H and O–H groups in total. The monoisotopic (exact) mass is 537 g/mol. The van der Waals surface area contributed by atoms with Crippen LogP contribution in [-0.2, 0) is 26.8 Å². The maximum atomic E-state index is 14.1. The van der Waals surface area contributed by atoms with Gasteiger partial charge in [0.1, 0.15) is 29.0 Å². The molecule has 0 radical (unpaired) electrons. The molecule has 3 rings (SSSR count). The summed E-state index contributed by atoms with van der Waals surface area (Å²) < 4.78 is 70.1. The Morgan fingerprint density at radius 1 is 1.29 bits per heavy atom. The number of nitrogens with zero attached hydrogens (tertiary/aromatic N) is 2. The lowest BCUT2D eigenvalue weighted by Gasteiger charge is -2.25. The standard InChI is InChI=1S/C21H23ClF3N3O6S/c1-10(32-20(30)34-12-7-5-4-6-8-12)13-9-14(18(29)26-19-28-27-11(2)33-19)16(22)17(35(3)31)15(13)21(23,24)25/h9-10,12H,4-8H2,1-3H3,(H,26,28,29). The van der Waals surface area contributed by atoms with Gasteiger partial charge >= 0.3 is 18.3 Å². The van der Waals surface area contributed by atoms with Crippen molar-refractivity contribution in [3.05, 3.63) is 33.7 Å². The van der Waals surface area contributed by atoms with Crippen LogP contribution >= 0.6 is 11.6 Å². The highest BCUT2D eigenvalue weighted by molar-refractivity contribution is 7.90. The van der Waals surface area contributed by atoms with Crippen LogP contribution in [-0.4, -0.2) is 39.2 Å². The number of nitrogens with one attached hydrogen (secondary N) is 1. The molecule has 2 aromatic rings. The first-order valence-corrected chi connectivity index (χ1v) is 12.6. The van der Waals surface area contributed by atoms with Gasteiger partial charge in [-0.25, -0.2) is 4.79 Å². The maximum absolute atomic E-state index is 14.1. The van der Waals surface area contributed by atoms with Crippen LogP contribution in [0, 0.1) is 6.92 Å². The van der Waals surface area contributed by atoms with Gasteiger partial charge in [0.05, 0.1) is 5.56 Å². The molecule has 1 saturated carbocycles. The maximum Gasteiger partial charge on any atom is 0.509 e. The number of aromatic nitrogens is 2. The zero-order chi connectivity index (χ0) is 25.9. The number of ether oxygens (including phenoxy) is 2. The van der Waals surface area contributed by atoms with Gasteiger partial charge in [-0.05, 0) is 49.8 Å². The van der Waals surface area contributed by atoms with Crippen molar-refractivity contribution in [2.75, 3.05) is 11.6 Å². The highest BCUT2D eigenvalue weighted by atomic mass is 35.5. The Balaban J connectivity index is 1.99. The van der Waals surface area contributed by atoms with E-state index in [1.54, 1.807) is 0 Å². The third-order valence-corrected chi connectivity index (χ3v) is 6.83. The highest BCUT2D eigenvalue weighted by Crippen LogP contribution is 2.44. The number of hydrogen-bond acceptors (Lipinski definition) is 8. The Morgan fingerprint density at radius 2 is 1.94 bits per heavy atom. The molecule has 14 heteroatoms. The zero-order valence-electron chi connectivity index (χ0n) is 19.0. The summed E-state index contributed by atoms with van der Waals surface area (Å²) in [6.07, 6.45) is -3.05. The van der Waals surface area contributed by atoms with Crippen LogP contribution in [0.3, 0.4) is 0 Å². The minimum Gasteiger partial charge on any atom is -0.612 e. The molecule has 1 aromatic heterocycles. The van der Waals surface area contributed by atoms with Crippen molar-refractivity contribution in [1.82, 2.24) is 10.2 Å². The van der Waals surface area contributed by atoms with E-state index in [0.717, 1.165) is 31.6 Å². The molecule has 0 aliphatic heterocycles. The van der Waals surface area contributed by atoms with E-state index in [1.807, 2.05) is 0 Å². The Labute approximate surface area is 206 Å². The molecule has 0 spiro atoms. The normalized spacial score (nSPS) is 16.5. The fraction of sp³-hybridized carbons (Fsp3) is 0.524. The van der Waals surface area contributed by atoms with E-state index in [0.29, 0.717) is 12.8 Å². The van der Waals surface area contributed by atoms with E-state index in [9.17, 15) is 27.3 Å². The molecule has 9 nitrogen and oxygen atoms in total. The number of amides is 1. The summed E-state index contributed by atoms with van der Waals surface area (Å²) in [4.78, 5) is 24.3. The van der Waals surface area contributed by atoms with Gasteiger partial charge in [0.2, 0.25) is 5.89 Å². The summed E-state index contributed by atoms with van der Waals surface area (Å²) in [5.74, 6) is -0.856. The molecule has 2 unspecified atom stereocenters. The van der Waals surface area contributed by atoms with Gasteiger partial charge in [-0.2, -0.15) is 13.2 Å². The van der Waals surface area contributed by atoms with Gasteiger partial charge in [0, 0.05) is 12.5 Å². The zero-order valence-corrected chi connectivity index (χ0v) is 20.6. The molecule has 35 heavy (non-hydrogen) atoms. The fourth-order valence-corrected chi connectivity index (χ4v) is 5.21. The lowest BCUT2D eigenvalue weighted by atomic mass is 9.98. The van der Waals surface area contributed by atoms with Crippen LogP contribution in [0.15, 0.2) is 15.4 Å².